The summed E-state index contributed by atoms with van der Waals surface area (Å²) in [5, 5.41) is 0. The summed E-state index contributed by atoms with van der Waals surface area (Å²) in [5.74, 6) is 3.05. The van der Waals surface area contributed by atoms with Gasteiger partial charge in [-0.3, -0.25) is 14.5 Å². The molecule has 8 heteroatoms. The molecule has 2 aromatic rings. The Morgan fingerprint density at radius 2 is 1.16 bits per heavy atom. The second kappa shape index (κ2) is 20.7. The number of carbonyl (C=O) groups is 2. The highest BCUT2D eigenvalue weighted by Gasteiger charge is 2.48. The molecule has 2 saturated carbocycles. The molecule has 8 rings (SSSR count). The third-order valence-corrected chi connectivity index (χ3v) is 14.4. The fraction of sp³-hybridized carbons (Fsp3) is 0.720. The van der Waals surface area contributed by atoms with Gasteiger partial charge in [0.15, 0.2) is 0 Å². The highest BCUT2D eigenvalue weighted by molar-refractivity contribution is 5.73. The summed E-state index contributed by atoms with van der Waals surface area (Å²) in [4.78, 5) is 27.4. The van der Waals surface area contributed by atoms with Gasteiger partial charge < -0.3 is 24.7 Å². The number of fused-ring (bicyclic) bond motifs is 8. The molecule has 0 amide bonds. The molecule has 6 aliphatic rings. The first kappa shape index (κ1) is 46.3. The molecule has 324 valence electrons. The number of hydrogen-bond donors (Lipinski definition) is 1. The Hall–Kier alpha value is -2.78. The van der Waals surface area contributed by atoms with Crippen molar-refractivity contribution in [3.05, 3.63) is 58.7 Å². The minimum Gasteiger partial charge on any atom is -0.427 e. The molecule has 0 spiro atoms. The summed E-state index contributed by atoms with van der Waals surface area (Å²) in [6.45, 7) is 14.5. The molecule has 58 heavy (non-hydrogen) atoms. The first-order valence-electron chi connectivity index (χ1n) is 22.4. The lowest BCUT2D eigenvalue weighted by Crippen LogP contribution is -2.57. The van der Waals surface area contributed by atoms with Crippen LogP contribution in [0.15, 0.2) is 36.4 Å². The smallest absolute Gasteiger partial charge is 0.311 e. The Morgan fingerprint density at radius 1 is 0.690 bits per heavy atom. The maximum absolute atomic E-state index is 12.4. The number of carbonyl (C=O) groups excluding carboxylic acids is 2. The van der Waals surface area contributed by atoms with E-state index in [0.717, 1.165) is 30.9 Å². The molecule has 0 aromatic heterocycles. The molecule has 8 nitrogen and oxygen atoms in total. The van der Waals surface area contributed by atoms with E-state index in [9.17, 15) is 9.59 Å². The zero-order valence-corrected chi connectivity index (χ0v) is 35.0. The number of esters is 2. The molecule has 4 aliphatic carbocycles. The number of ether oxygens (including phenoxy) is 4. The van der Waals surface area contributed by atoms with E-state index in [1.54, 1.807) is 0 Å². The van der Waals surface area contributed by atoms with E-state index in [1.165, 1.54) is 106 Å². The zero-order valence-electron chi connectivity index (χ0n) is 35.0. The minimum atomic E-state index is -0.158. The molecule has 4 bridgehead atoms. The topological polar surface area (TPSA) is 100 Å². The van der Waals surface area contributed by atoms with Crippen molar-refractivity contribution in [2.24, 2.45) is 29.4 Å². The third-order valence-electron chi connectivity index (χ3n) is 14.4. The van der Waals surface area contributed by atoms with Gasteiger partial charge >= 0.3 is 11.9 Å². The standard InChI is InChI=1S/C27H41NO3.C21H29NO3.2CH4/c1-4-13-28(14-5-2)26-22-9-7-6-8-12-27(26,3)24-17-23(11-10-21(24)16-22)31-25(29)15-20-18-30-19-20;1-21-8-4-2-3-5-16(20(21)22)10-15-6-7-17(11-18(15)21)25-19(23)9-14-12-24-13-14;;/h10-11,17,20,22,26H,4-9,12-16,18-19H2,1-3H3;6-7,11,14,16,20H,2-5,8-10,12-13,22H2,1H3;2*1H4/t22-,26-,27+;16-,20-,21+;;/m00../s1. The van der Waals surface area contributed by atoms with E-state index in [1.807, 2.05) is 12.1 Å². The highest BCUT2D eigenvalue weighted by atomic mass is 16.5. The second-order valence-electron chi connectivity index (χ2n) is 18.8. The van der Waals surface area contributed by atoms with E-state index >= 15 is 0 Å². The summed E-state index contributed by atoms with van der Waals surface area (Å²) >= 11 is 0. The van der Waals surface area contributed by atoms with Crippen LogP contribution in [-0.4, -0.2) is 68.4 Å². The van der Waals surface area contributed by atoms with Crippen molar-refractivity contribution in [2.45, 2.75) is 168 Å². The Kier molecular flexibility index (Phi) is 16.5. The first-order chi connectivity index (χ1) is 27.1. The Morgan fingerprint density at radius 3 is 1.64 bits per heavy atom. The fourth-order valence-electron chi connectivity index (χ4n) is 11.4. The fourth-order valence-corrected chi connectivity index (χ4v) is 11.4. The lowest BCUT2D eigenvalue weighted by Gasteiger charge is -2.53. The van der Waals surface area contributed by atoms with Gasteiger partial charge in [-0.15, -0.1) is 0 Å². The van der Waals surface area contributed by atoms with Gasteiger partial charge in [-0.05, 0) is 123 Å². The van der Waals surface area contributed by atoms with Gasteiger partial charge in [0.25, 0.3) is 0 Å². The highest BCUT2D eigenvalue weighted by Crippen LogP contribution is 2.50. The van der Waals surface area contributed by atoms with E-state index in [2.05, 4.69) is 56.9 Å². The van der Waals surface area contributed by atoms with Crippen LogP contribution in [0.1, 0.15) is 155 Å². The van der Waals surface area contributed by atoms with Crippen molar-refractivity contribution in [3.8, 4) is 11.5 Å². The Labute approximate surface area is 351 Å². The summed E-state index contributed by atoms with van der Waals surface area (Å²) in [7, 11) is 0. The SMILES string of the molecule is C.C.CCCN(CCC)[C@H]1[C@H]2CCCCC[C@]1(C)c1cc(OC(=O)CC3COC3)ccc1C2.C[C@@]12CCCCC[C@@H](Cc3ccc(OC(=O)CC4COC4)cc31)[C@@H]2N. The van der Waals surface area contributed by atoms with Crippen LogP contribution in [-0.2, 0) is 42.7 Å². The molecule has 2 heterocycles. The molecular weight excluding hydrogens is 725 g/mol. The molecule has 2 N–H and O–H groups in total. The molecular formula is C50H78N2O6. The predicted molar refractivity (Wildman–Crippen MR) is 235 cm³/mol. The van der Waals surface area contributed by atoms with Gasteiger partial charge in [-0.1, -0.05) is 93.2 Å². The van der Waals surface area contributed by atoms with Crippen molar-refractivity contribution in [1.29, 1.82) is 0 Å². The zero-order chi connectivity index (χ0) is 39.3. The summed E-state index contributed by atoms with van der Waals surface area (Å²) in [6, 6.07) is 13.5. The average molecular weight is 803 g/mol. The Bertz CT molecular complexity index is 1650. The number of rotatable bonds is 11. The summed E-state index contributed by atoms with van der Waals surface area (Å²) < 4.78 is 21.8. The van der Waals surface area contributed by atoms with E-state index < -0.39 is 0 Å². The molecule has 2 saturated heterocycles. The monoisotopic (exact) mass is 803 g/mol. The van der Waals surface area contributed by atoms with Gasteiger partial charge in [0.2, 0.25) is 0 Å². The normalized spacial score (nSPS) is 29.0. The quantitative estimate of drug-likeness (QED) is 0.177. The van der Waals surface area contributed by atoms with Gasteiger partial charge in [-0.2, -0.15) is 0 Å². The van der Waals surface area contributed by atoms with Gasteiger partial charge in [0, 0.05) is 34.7 Å². The third kappa shape index (κ3) is 10.2. The van der Waals surface area contributed by atoms with E-state index in [4.69, 9.17) is 24.7 Å². The van der Waals surface area contributed by atoms with Crippen LogP contribution in [0.25, 0.3) is 0 Å². The Balaban J connectivity index is 0.000000218. The largest absolute Gasteiger partial charge is 0.427 e. The van der Waals surface area contributed by atoms with Gasteiger partial charge in [0.1, 0.15) is 11.5 Å². The number of hydrogen-bond acceptors (Lipinski definition) is 8. The minimum absolute atomic E-state index is 0. The molecule has 6 atom stereocenters. The van der Waals surface area contributed by atoms with Crippen molar-refractivity contribution < 1.29 is 28.5 Å². The number of nitrogens with two attached hydrogens (primary N) is 1. The number of benzene rings is 2. The summed E-state index contributed by atoms with van der Waals surface area (Å²) in [5.41, 5.74) is 12.4. The number of nitrogens with zero attached hydrogens (tertiary/aromatic N) is 1. The van der Waals surface area contributed by atoms with Crippen LogP contribution in [0.2, 0.25) is 0 Å². The maximum Gasteiger partial charge on any atom is 0.311 e. The van der Waals surface area contributed by atoms with Gasteiger partial charge in [0.05, 0.1) is 39.3 Å². The summed E-state index contributed by atoms with van der Waals surface area (Å²) in [6.07, 6.45) is 18.2. The van der Waals surface area contributed by atoms with Crippen molar-refractivity contribution in [1.82, 2.24) is 4.90 Å². The molecule has 2 aromatic carbocycles. The van der Waals surface area contributed by atoms with Crippen molar-refractivity contribution in [3.63, 3.8) is 0 Å². The van der Waals surface area contributed by atoms with E-state index in [-0.39, 0.29) is 43.7 Å². The van der Waals surface area contributed by atoms with E-state index in [0.29, 0.717) is 68.8 Å². The lowest BCUT2D eigenvalue weighted by atomic mass is 9.59. The van der Waals surface area contributed by atoms with Gasteiger partial charge in [-0.25, -0.2) is 0 Å². The first-order valence-corrected chi connectivity index (χ1v) is 22.4. The van der Waals surface area contributed by atoms with Crippen molar-refractivity contribution >= 4 is 11.9 Å². The molecule has 0 radical (unpaired) electrons. The predicted octanol–water partition coefficient (Wildman–Crippen LogP) is 10.1. The molecule has 4 fully saturated rings. The average Bonchev–Trinajstić information content (AvgIpc) is 3.13. The van der Waals surface area contributed by atoms with Crippen LogP contribution in [0, 0.1) is 23.7 Å². The van der Waals surface area contributed by atoms with Crippen LogP contribution >= 0.6 is 0 Å². The second-order valence-corrected chi connectivity index (χ2v) is 18.8. The van der Waals surface area contributed by atoms with Crippen LogP contribution in [0.5, 0.6) is 11.5 Å². The molecule has 0 unspecified atom stereocenters. The lowest BCUT2D eigenvalue weighted by molar-refractivity contribution is -0.140. The van der Waals surface area contributed by atoms with Crippen LogP contribution in [0.3, 0.4) is 0 Å². The van der Waals surface area contributed by atoms with Crippen LogP contribution < -0.4 is 15.2 Å². The molecule has 2 aliphatic heterocycles. The van der Waals surface area contributed by atoms with Crippen molar-refractivity contribution in [2.75, 3.05) is 39.5 Å². The van der Waals surface area contributed by atoms with Crippen LogP contribution in [0.4, 0.5) is 0 Å². The maximum atomic E-state index is 12.4.